The number of fused-ring (bicyclic) bond motifs is 2. The van der Waals surface area contributed by atoms with E-state index in [1.165, 1.54) is 77.2 Å². The zero-order valence-electron chi connectivity index (χ0n) is 22.9. The topological polar surface area (TPSA) is 0 Å². The molecule has 0 aliphatic carbocycles. The molecule has 7 aromatic carbocycles. The van der Waals surface area contributed by atoms with Gasteiger partial charge in [-0.2, -0.15) is 0 Å². The van der Waals surface area contributed by atoms with Gasteiger partial charge in [-0.05, 0) is 92.0 Å². The molecule has 0 heterocycles. The Hall–Kier alpha value is -4.94. The first-order valence-electron chi connectivity index (χ1n) is 13.9. The van der Waals surface area contributed by atoms with Gasteiger partial charge in [-0.3, -0.25) is 0 Å². The molecule has 0 saturated heterocycles. The third kappa shape index (κ3) is 4.28. The SMILES string of the molecule is Cc1ccc(-c2ccc3c(-c4ccccc4)c4ccc(-c5ccc(C)cc5)cc4c(-c4ccccc4)c3c2)cc1. The minimum Gasteiger partial charge on any atom is -0.0622 e. The van der Waals surface area contributed by atoms with E-state index in [-0.39, 0.29) is 0 Å². The van der Waals surface area contributed by atoms with Crippen molar-refractivity contribution in [3.8, 4) is 44.5 Å². The van der Waals surface area contributed by atoms with Gasteiger partial charge in [-0.1, -0.05) is 145 Å². The fourth-order valence-electron chi connectivity index (χ4n) is 5.91. The first kappa shape index (κ1) is 24.1. The van der Waals surface area contributed by atoms with Crippen molar-refractivity contribution < 1.29 is 0 Å². The number of aryl methyl sites for hydroxylation is 2. The molecule has 0 aliphatic rings. The average Bonchev–Trinajstić information content (AvgIpc) is 3.01. The Morgan fingerprint density at radius 3 is 1.02 bits per heavy atom. The lowest BCUT2D eigenvalue weighted by atomic mass is 9.84. The molecule has 190 valence electrons. The standard InChI is InChI=1S/C40H30/c1-27-13-17-29(18-14-27)33-21-23-35-37(25-33)40(32-11-7-4-8-12-32)38-26-34(30-19-15-28(2)16-20-30)22-24-36(38)39(35)31-9-5-3-6-10-31/h3-26H,1-2H3. The lowest BCUT2D eigenvalue weighted by Gasteiger charge is -2.19. The second-order valence-corrected chi connectivity index (χ2v) is 10.7. The van der Waals surface area contributed by atoms with E-state index < -0.39 is 0 Å². The van der Waals surface area contributed by atoms with Crippen LogP contribution in [-0.4, -0.2) is 0 Å². The van der Waals surface area contributed by atoms with Gasteiger partial charge < -0.3 is 0 Å². The molecular formula is C40H30. The third-order valence-electron chi connectivity index (χ3n) is 8.01. The smallest absolute Gasteiger partial charge is 0.00259 e. The summed E-state index contributed by atoms with van der Waals surface area (Å²) in [5.74, 6) is 0. The zero-order valence-corrected chi connectivity index (χ0v) is 22.9. The molecule has 0 bridgehead atoms. The second kappa shape index (κ2) is 9.98. The molecule has 0 aliphatic heterocycles. The van der Waals surface area contributed by atoms with Crippen molar-refractivity contribution >= 4 is 21.5 Å². The number of benzene rings is 7. The first-order valence-corrected chi connectivity index (χ1v) is 13.9. The van der Waals surface area contributed by atoms with E-state index in [0.717, 1.165) is 0 Å². The van der Waals surface area contributed by atoms with Crippen molar-refractivity contribution in [1.29, 1.82) is 0 Å². The van der Waals surface area contributed by atoms with Gasteiger partial charge >= 0.3 is 0 Å². The molecule has 0 N–H and O–H groups in total. The van der Waals surface area contributed by atoms with E-state index in [2.05, 4.69) is 159 Å². The van der Waals surface area contributed by atoms with Crippen LogP contribution in [0.4, 0.5) is 0 Å². The Kier molecular flexibility index (Phi) is 6.02. The quantitative estimate of drug-likeness (QED) is 0.207. The van der Waals surface area contributed by atoms with Crippen molar-refractivity contribution in [1.82, 2.24) is 0 Å². The van der Waals surface area contributed by atoms with Gasteiger partial charge in [0.05, 0.1) is 0 Å². The van der Waals surface area contributed by atoms with E-state index in [1.54, 1.807) is 0 Å². The lowest BCUT2D eigenvalue weighted by molar-refractivity contribution is 1.47. The van der Waals surface area contributed by atoms with Gasteiger partial charge in [0.25, 0.3) is 0 Å². The molecule has 7 aromatic rings. The van der Waals surface area contributed by atoms with E-state index in [9.17, 15) is 0 Å². The van der Waals surface area contributed by atoms with Crippen LogP contribution in [0.2, 0.25) is 0 Å². The van der Waals surface area contributed by atoms with Crippen molar-refractivity contribution in [3.05, 3.63) is 157 Å². The molecule has 0 saturated carbocycles. The number of hydrogen-bond acceptors (Lipinski definition) is 0. The van der Waals surface area contributed by atoms with Gasteiger partial charge in [-0.25, -0.2) is 0 Å². The summed E-state index contributed by atoms with van der Waals surface area (Å²) in [5.41, 5.74) is 12.5. The summed E-state index contributed by atoms with van der Waals surface area (Å²) < 4.78 is 0. The number of rotatable bonds is 4. The average molecular weight is 511 g/mol. The lowest BCUT2D eigenvalue weighted by Crippen LogP contribution is -1.92. The maximum atomic E-state index is 2.40. The summed E-state index contributed by atoms with van der Waals surface area (Å²) in [6, 6.07) is 53.4. The summed E-state index contributed by atoms with van der Waals surface area (Å²) in [6.45, 7) is 4.28. The van der Waals surface area contributed by atoms with Crippen molar-refractivity contribution in [3.63, 3.8) is 0 Å². The maximum absolute atomic E-state index is 2.40. The van der Waals surface area contributed by atoms with Gasteiger partial charge in [0, 0.05) is 0 Å². The van der Waals surface area contributed by atoms with E-state index in [4.69, 9.17) is 0 Å². The molecule has 7 rings (SSSR count). The second-order valence-electron chi connectivity index (χ2n) is 10.7. The van der Waals surface area contributed by atoms with Crippen molar-refractivity contribution in [2.75, 3.05) is 0 Å². The Balaban J connectivity index is 1.62. The predicted octanol–water partition coefficient (Wildman–Crippen LogP) is 11.3. The Labute approximate surface area is 236 Å². The van der Waals surface area contributed by atoms with Crippen LogP contribution < -0.4 is 0 Å². The zero-order chi connectivity index (χ0) is 27.1. The number of hydrogen-bond donors (Lipinski definition) is 0. The van der Waals surface area contributed by atoms with E-state index in [1.807, 2.05) is 0 Å². The largest absolute Gasteiger partial charge is 0.0622 e. The fraction of sp³-hybridized carbons (Fsp3) is 0.0500. The summed E-state index contributed by atoms with van der Waals surface area (Å²) in [4.78, 5) is 0. The Morgan fingerprint density at radius 2 is 0.625 bits per heavy atom. The normalized spacial score (nSPS) is 11.2. The van der Waals surface area contributed by atoms with Gasteiger partial charge in [0.1, 0.15) is 0 Å². The van der Waals surface area contributed by atoms with Crippen LogP contribution in [0, 0.1) is 13.8 Å². The van der Waals surface area contributed by atoms with Gasteiger partial charge in [-0.15, -0.1) is 0 Å². The maximum Gasteiger partial charge on any atom is -0.00259 e. The molecule has 0 fully saturated rings. The highest BCUT2D eigenvalue weighted by Crippen LogP contribution is 2.45. The molecule has 0 amide bonds. The van der Waals surface area contributed by atoms with E-state index in [0.29, 0.717) is 0 Å². The van der Waals surface area contributed by atoms with Crippen molar-refractivity contribution in [2.24, 2.45) is 0 Å². The Bertz CT molecular complexity index is 1860. The Morgan fingerprint density at radius 1 is 0.275 bits per heavy atom. The molecule has 40 heavy (non-hydrogen) atoms. The van der Waals surface area contributed by atoms with Crippen LogP contribution in [0.3, 0.4) is 0 Å². The summed E-state index contributed by atoms with van der Waals surface area (Å²) in [5, 5.41) is 5.10. The van der Waals surface area contributed by atoms with Crippen LogP contribution in [0.5, 0.6) is 0 Å². The van der Waals surface area contributed by atoms with Gasteiger partial charge in [0.2, 0.25) is 0 Å². The molecule has 0 spiro atoms. The molecular weight excluding hydrogens is 480 g/mol. The third-order valence-corrected chi connectivity index (χ3v) is 8.01. The van der Waals surface area contributed by atoms with E-state index >= 15 is 0 Å². The molecule has 0 radical (unpaired) electrons. The fourth-order valence-corrected chi connectivity index (χ4v) is 5.91. The summed E-state index contributed by atoms with van der Waals surface area (Å²) >= 11 is 0. The minimum absolute atomic E-state index is 1.23. The highest BCUT2D eigenvalue weighted by atomic mass is 14.2. The molecule has 0 heteroatoms. The van der Waals surface area contributed by atoms with Crippen LogP contribution in [0.25, 0.3) is 66.1 Å². The first-order chi connectivity index (χ1) is 19.7. The monoisotopic (exact) mass is 510 g/mol. The highest BCUT2D eigenvalue weighted by Gasteiger charge is 2.18. The molecule has 0 atom stereocenters. The predicted molar refractivity (Wildman–Crippen MR) is 173 cm³/mol. The molecule has 0 aromatic heterocycles. The highest BCUT2D eigenvalue weighted by molar-refractivity contribution is 6.22. The molecule has 0 unspecified atom stereocenters. The molecule has 0 nitrogen and oxygen atoms in total. The van der Waals surface area contributed by atoms with Crippen LogP contribution in [0.15, 0.2) is 146 Å². The van der Waals surface area contributed by atoms with Crippen molar-refractivity contribution in [2.45, 2.75) is 13.8 Å². The summed E-state index contributed by atoms with van der Waals surface area (Å²) in [7, 11) is 0. The summed E-state index contributed by atoms with van der Waals surface area (Å²) in [6.07, 6.45) is 0. The van der Waals surface area contributed by atoms with Crippen LogP contribution >= 0.6 is 0 Å². The minimum atomic E-state index is 1.23. The van der Waals surface area contributed by atoms with Gasteiger partial charge in [0.15, 0.2) is 0 Å². The van der Waals surface area contributed by atoms with Crippen LogP contribution in [-0.2, 0) is 0 Å². The van der Waals surface area contributed by atoms with Crippen LogP contribution in [0.1, 0.15) is 11.1 Å².